The molecule has 1 aromatic rings. The van der Waals surface area contributed by atoms with E-state index >= 15 is 0 Å². The molecule has 0 unspecified atom stereocenters. The molecule has 1 rings (SSSR count). The van der Waals surface area contributed by atoms with Crippen LogP contribution in [0.15, 0.2) is 18.3 Å². The molecule has 0 aliphatic rings. The molecule has 0 atom stereocenters. The van der Waals surface area contributed by atoms with Crippen molar-refractivity contribution in [3.05, 3.63) is 23.9 Å². The Balaban J connectivity index is 3.04. The summed E-state index contributed by atoms with van der Waals surface area (Å²) in [6, 6.07) is 3.14. The molecule has 1 aromatic heterocycles. The number of aromatic nitrogens is 1. The first-order chi connectivity index (χ1) is 5.61. The molecule has 1 heterocycles. The molecule has 0 saturated heterocycles. The summed E-state index contributed by atoms with van der Waals surface area (Å²) in [5.74, 6) is -0.893. The van der Waals surface area contributed by atoms with Gasteiger partial charge < -0.3 is 5.11 Å². The highest BCUT2D eigenvalue weighted by atomic mass is 31.1. The molecule has 3 nitrogen and oxygen atoms in total. The molecular weight excluding hydrogens is 173 g/mol. The van der Waals surface area contributed by atoms with Gasteiger partial charge in [-0.25, -0.2) is 4.79 Å². The van der Waals surface area contributed by atoms with Crippen molar-refractivity contribution in [2.24, 2.45) is 0 Å². The zero-order valence-corrected chi connectivity index (χ0v) is 7.88. The quantitative estimate of drug-likeness (QED) is 0.699. The second-order valence-electron chi connectivity index (χ2n) is 2.60. The van der Waals surface area contributed by atoms with Gasteiger partial charge in [0.15, 0.2) is 0 Å². The fraction of sp³-hybridized carbons (Fsp3) is 0.250. The van der Waals surface area contributed by atoms with Crippen molar-refractivity contribution in [3.8, 4) is 0 Å². The number of rotatable bonds is 2. The van der Waals surface area contributed by atoms with Crippen molar-refractivity contribution in [1.29, 1.82) is 0 Å². The number of hydrogen-bond acceptors (Lipinski definition) is 2. The van der Waals surface area contributed by atoms with Gasteiger partial charge in [0.25, 0.3) is 0 Å². The zero-order valence-electron chi connectivity index (χ0n) is 6.98. The molecule has 0 spiro atoms. The Morgan fingerprint density at radius 2 is 2.25 bits per heavy atom. The van der Waals surface area contributed by atoms with Crippen molar-refractivity contribution >= 4 is 19.3 Å². The summed E-state index contributed by atoms with van der Waals surface area (Å²) < 4.78 is 0. The third-order valence-corrected chi connectivity index (χ3v) is 2.61. The molecule has 0 fully saturated rings. The number of carbonyl (C=O) groups is 1. The molecule has 0 saturated carbocycles. The van der Waals surface area contributed by atoms with Crippen molar-refractivity contribution in [2.75, 3.05) is 13.3 Å². The van der Waals surface area contributed by atoms with Crippen LogP contribution in [0.5, 0.6) is 0 Å². The Kier molecular flexibility index (Phi) is 2.77. The molecule has 0 aliphatic carbocycles. The van der Waals surface area contributed by atoms with Crippen LogP contribution in [0.4, 0.5) is 0 Å². The normalized spacial score (nSPS) is 10.2. The van der Waals surface area contributed by atoms with Gasteiger partial charge in [0.2, 0.25) is 0 Å². The SMILES string of the molecule is CP(C)c1cc(C(=O)O)ccn1. The van der Waals surface area contributed by atoms with Crippen LogP contribution in [0.1, 0.15) is 10.4 Å². The minimum Gasteiger partial charge on any atom is -0.478 e. The number of hydrogen-bond donors (Lipinski definition) is 1. The number of carboxylic acids is 1. The topological polar surface area (TPSA) is 50.2 Å². The van der Waals surface area contributed by atoms with Gasteiger partial charge in [-0.3, -0.25) is 4.98 Å². The van der Waals surface area contributed by atoms with E-state index < -0.39 is 5.97 Å². The molecule has 1 N–H and O–H groups in total. The lowest BCUT2D eigenvalue weighted by atomic mass is 10.3. The summed E-state index contributed by atoms with van der Waals surface area (Å²) in [7, 11) is -0.311. The maximum Gasteiger partial charge on any atom is 0.335 e. The van der Waals surface area contributed by atoms with Crippen molar-refractivity contribution < 1.29 is 9.90 Å². The molecule has 0 radical (unpaired) electrons. The van der Waals surface area contributed by atoms with Crippen molar-refractivity contribution in [1.82, 2.24) is 4.98 Å². The molecule has 64 valence electrons. The minimum absolute atomic E-state index is 0.311. The largest absolute Gasteiger partial charge is 0.478 e. The third-order valence-electron chi connectivity index (χ3n) is 1.45. The minimum atomic E-state index is -0.893. The predicted octanol–water partition coefficient (Wildman–Crippen LogP) is 1.15. The van der Waals surface area contributed by atoms with Crippen LogP contribution in [0.25, 0.3) is 0 Å². The Morgan fingerprint density at radius 1 is 1.58 bits per heavy atom. The van der Waals surface area contributed by atoms with Crippen LogP contribution in [-0.4, -0.2) is 29.4 Å². The number of nitrogens with zero attached hydrogens (tertiary/aromatic N) is 1. The summed E-state index contributed by atoms with van der Waals surface area (Å²) in [6.07, 6.45) is 1.54. The van der Waals surface area contributed by atoms with E-state index in [2.05, 4.69) is 4.98 Å². The van der Waals surface area contributed by atoms with Gasteiger partial charge in [-0.15, -0.1) is 0 Å². The monoisotopic (exact) mass is 183 g/mol. The van der Waals surface area contributed by atoms with Gasteiger partial charge in [0.05, 0.1) is 11.0 Å². The second-order valence-corrected chi connectivity index (χ2v) is 4.85. The molecule has 12 heavy (non-hydrogen) atoms. The molecule has 0 bridgehead atoms. The number of pyridine rings is 1. The van der Waals surface area contributed by atoms with Gasteiger partial charge >= 0.3 is 5.97 Å². The maximum atomic E-state index is 10.6. The van der Waals surface area contributed by atoms with E-state index in [1.54, 1.807) is 12.3 Å². The average Bonchev–Trinajstić information content (AvgIpc) is 2.04. The van der Waals surface area contributed by atoms with Crippen LogP contribution in [0, 0.1) is 0 Å². The van der Waals surface area contributed by atoms with E-state index in [0.29, 0.717) is 5.56 Å². The maximum absolute atomic E-state index is 10.6. The van der Waals surface area contributed by atoms with E-state index in [0.717, 1.165) is 5.44 Å². The van der Waals surface area contributed by atoms with Crippen LogP contribution in [0.2, 0.25) is 0 Å². The summed E-state index contributed by atoms with van der Waals surface area (Å²) in [6.45, 7) is 4.09. The Labute approximate surface area is 72.2 Å². The Hall–Kier alpha value is -0.950. The van der Waals surface area contributed by atoms with Crippen LogP contribution < -0.4 is 5.44 Å². The summed E-state index contributed by atoms with van der Waals surface area (Å²) in [5, 5.41) is 8.67. The number of carboxylic acid groups (broad SMARTS) is 1. The highest BCUT2D eigenvalue weighted by molar-refractivity contribution is 7.63. The summed E-state index contributed by atoms with van der Waals surface area (Å²) >= 11 is 0. The molecule has 0 aliphatic heterocycles. The fourth-order valence-electron chi connectivity index (χ4n) is 0.796. The number of aromatic carboxylic acids is 1. The second kappa shape index (κ2) is 3.63. The van der Waals surface area contributed by atoms with Crippen molar-refractivity contribution in [2.45, 2.75) is 0 Å². The van der Waals surface area contributed by atoms with Crippen LogP contribution in [-0.2, 0) is 0 Å². The average molecular weight is 183 g/mol. The Bertz CT molecular complexity index is 299. The van der Waals surface area contributed by atoms with E-state index in [-0.39, 0.29) is 7.92 Å². The van der Waals surface area contributed by atoms with E-state index in [1.807, 2.05) is 13.3 Å². The smallest absolute Gasteiger partial charge is 0.335 e. The van der Waals surface area contributed by atoms with Gasteiger partial charge in [-0.05, 0) is 25.5 Å². The van der Waals surface area contributed by atoms with Gasteiger partial charge in [-0.2, -0.15) is 0 Å². The van der Waals surface area contributed by atoms with E-state index in [9.17, 15) is 4.79 Å². The Morgan fingerprint density at radius 3 is 2.75 bits per heavy atom. The van der Waals surface area contributed by atoms with Crippen molar-refractivity contribution in [3.63, 3.8) is 0 Å². The fourth-order valence-corrected chi connectivity index (χ4v) is 1.49. The molecular formula is C8H10NO2P. The predicted molar refractivity (Wildman–Crippen MR) is 49.6 cm³/mol. The zero-order chi connectivity index (χ0) is 9.14. The highest BCUT2D eigenvalue weighted by Crippen LogP contribution is 2.21. The molecule has 0 aromatic carbocycles. The first kappa shape index (κ1) is 9.14. The lowest BCUT2D eigenvalue weighted by molar-refractivity contribution is 0.0697. The standard InChI is InChI=1S/C8H10NO2P/c1-12(2)7-5-6(8(10)11)3-4-9-7/h3-5H,1-2H3,(H,10,11). The van der Waals surface area contributed by atoms with Gasteiger partial charge in [0, 0.05) is 6.20 Å². The molecule has 4 heteroatoms. The lowest BCUT2D eigenvalue weighted by Gasteiger charge is -2.04. The van der Waals surface area contributed by atoms with E-state index in [1.165, 1.54) is 6.07 Å². The van der Waals surface area contributed by atoms with Crippen LogP contribution in [0.3, 0.4) is 0 Å². The van der Waals surface area contributed by atoms with Crippen LogP contribution >= 0.6 is 7.92 Å². The first-order valence-corrected chi connectivity index (χ1v) is 5.71. The highest BCUT2D eigenvalue weighted by Gasteiger charge is 2.05. The van der Waals surface area contributed by atoms with E-state index in [4.69, 9.17) is 5.11 Å². The first-order valence-electron chi connectivity index (χ1n) is 3.48. The van der Waals surface area contributed by atoms with Gasteiger partial charge in [-0.1, -0.05) is 7.92 Å². The molecule has 0 amide bonds. The summed E-state index contributed by atoms with van der Waals surface area (Å²) in [5.41, 5.74) is 1.20. The van der Waals surface area contributed by atoms with Gasteiger partial charge in [0.1, 0.15) is 0 Å². The summed E-state index contributed by atoms with van der Waals surface area (Å²) in [4.78, 5) is 14.6. The lowest BCUT2D eigenvalue weighted by Crippen LogP contribution is -2.08. The third kappa shape index (κ3) is 2.02.